The maximum Gasteiger partial charge on any atom is 0.319 e. The highest BCUT2D eigenvalue weighted by molar-refractivity contribution is 8.77. The first kappa shape index (κ1) is 8.27. The SMILES string of the molecule is CCOC(=O)C1CCSS1. The molecule has 0 aromatic heterocycles. The highest BCUT2D eigenvalue weighted by Crippen LogP contribution is 2.37. The summed E-state index contributed by atoms with van der Waals surface area (Å²) < 4.78 is 4.85. The molecule has 0 aliphatic carbocycles. The Morgan fingerprint density at radius 1 is 1.80 bits per heavy atom. The van der Waals surface area contributed by atoms with E-state index < -0.39 is 0 Å². The smallest absolute Gasteiger partial charge is 0.319 e. The standard InChI is InChI=1S/C6H10O2S2/c1-2-8-6(7)5-3-4-9-10-5/h5H,2-4H2,1H3. The third-order valence-corrected chi connectivity index (χ3v) is 4.00. The van der Waals surface area contributed by atoms with Crippen molar-refractivity contribution in [2.45, 2.75) is 18.6 Å². The zero-order valence-corrected chi connectivity index (χ0v) is 7.46. The maximum atomic E-state index is 11.0. The molecule has 58 valence electrons. The molecule has 0 saturated carbocycles. The topological polar surface area (TPSA) is 26.3 Å². The van der Waals surface area contributed by atoms with Gasteiger partial charge in [-0.25, -0.2) is 0 Å². The van der Waals surface area contributed by atoms with Crippen LogP contribution in [-0.2, 0) is 9.53 Å². The van der Waals surface area contributed by atoms with E-state index in [-0.39, 0.29) is 11.2 Å². The number of hydrogen-bond acceptors (Lipinski definition) is 4. The third kappa shape index (κ3) is 2.09. The molecule has 0 bridgehead atoms. The van der Waals surface area contributed by atoms with Crippen molar-refractivity contribution in [1.29, 1.82) is 0 Å². The van der Waals surface area contributed by atoms with Crippen LogP contribution in [0.4, 0.5) is 0 Å². The molecular formula is C6H10O2S2. The fourth-order valence-electron chi connectivity index (χ4n) is 0.726. The van der Waals surface area contributed by atoms with E-state index >= 15 is 0 Å². The second-order valence-electron chi connectivity index (χ2n) is 1.95. The van der Waals surface area contributed by atoms with Gasteiger partial charge in [-0.15, -0.1) is 0 Å². The van der Waals surface area contributed by atoms with E-state index in [9.17, 15) is 4.79 Å². The fraction of sp³-hybridized carbons (Fsp3) is 0.833. The second-order valence-corrected chi connectivity index (χ2v) is 4.64. The molecule has 1 atom stereocenters. The van der Waals surface area contributed by atoms with E-state index in [1.807, 2.05) is 6.92 Å². The highest BCUT2D eigenvalue weighted by atomic mass is 33.1. The molecule has 0 N–H and O–H groups in total. The summed E-state index contributed by atoms with van der Waals surface area (Å²) in [5.41, 5.74) is 0. The van der Waals surface area contributed by atoms with Crippen LogP contribution in [0.25, 0.3) is 0 Å². The first-order chi connectivity index (χ1) is 4.84. The number of ether oxygens (including phenoxy) is 1. The van der Waals surface area contributed by atoms with Crippen molar-refractivity contribution >= 4 is 27.6 Å². The van der Waals surface area contributed by atoms with Crippen molar-refractivity contribution in [1.82, 2.24) is 0 Å². The van der Waals surface area contributed by atoms with Gasteiger partial charge in [-0.2, -0.15) is 0 Å². The Morgan fingerprint density at radius 2 is 2.60 bits per heavy atom. The lowest BCUT2D eigenvalue weighted by Gasteiger charge is -2.04. The first-order valence-electron chi connectivity index (χ1n) is 3.29. The van der Waals surface area contributed by atoms with Gasteiger partial charge in [-0.3, -0.25) is 4.79 Å². The van der Waals surface area contributed by atoms with Gasteiger partial charge < -0.3 is 4.74 Å². The molecule has 0 aromatic rings. The van der Waals surface area contributed by atoms with Crippen molar-refractivity contribution < 1.29 is 9.53 Å². The van der Waals surface area contributed by atoms with Gasteiger partial charge in [0.2, 0.25) is 0 Å². The lowest BCUT2D eigenvalue weighted by molar-refractivity contribution is -0.142. The molecule has 0 radical (unpaired) electrons. The number of carbonyl (C=O) groups is 1. The Morgan fingerprint density at radius 3 is 3.10 bits per heavy atom. The minimum absolute atomic E-state index is 0.0440. The molecule has 1 unspecified atom stereocenters. The van der Waals surface area contributed by atoms with Gasteiger partial charge in [0.25, 0.3) is 0 Å². The van der Waals surface area contributed by atoms with Gasteiger partial charge in [-0.05, 0) is 13.3 Å². The zero-order chi connectivity index (χ0) is 7.40. The Balaban J connectivity index is 2.25. The van der Waals surface area contributed by atoms with E-state index in [0.29, 0.717) is 6.61 Å². The van der Waals surface area contributed by atoms with Crippen molar-refractivity contribution in [3.8, 4) is 0 Å². The Hall–Kier alpha value is 0.170. The molecule has 0 spiro atoms. The number of carbonyl (C=O) groups excluding carboxylic acids is 1. The van der Waals surface area contributed by atoms with Gasteiger partial charge >= 0.3 is 5.97 Å². The highest BCUT2D eigenvalue weighted by Gasteiger charge is 2.24. The quantitative estimate of drug-likeness (QED) is 0.475. The summed E-state index contributed by atoms with van der Waals surface area (Å²) in [5.74, 6) is 1.03. The molecule has 1 fully saturated rings. The average Bonchev–Trinajstić information content (AvgIpc) is 2.38. The molecule has 10 heavy (non-hydrogen) atoms. The molecular weight excluding hydrogens is 168 g/mol. The van der Waals surface area contributed by atoms with E-state index in [4.69, 9.17) is 4.74 Å². The van der Waals surface area contributed by atoms with Crippen LogP contribution >= 0.6 is 21.6 Å². The number of rotatable bonds is 2. The summed E-state index contributed by atoms with van der Waals surface area (Å²) in [7, 11) is 3.38. The molecule has 0 aromatic carbocycles. The van der Waals surface area contributed by atoms with E-state index in [2.05, 4.69) is 0 Å². The van der Waals surface area contributed by atoms with Crippen LogP contribution in [0.1, 0.15) is 13.3 Å². The fourth-order valence-corrected chi connectivity index (χ4v) is 3.42. The van der Waals surface area contributed by atoms with Crippen molar-refractivity contribution in [3.05, 3.63) is 0 Å². The minimum atomic E-state index is -0.0440. The molecule has 1 heterocycles. The van der Waals surface area contributed by atoms with E-state index in [1.54, 1.807) is 21.6 Å². The Kier molecular flexibility index (Phi) is 3.42. The van der Waals surface area contributed by atoms with Gasteiger partial charge in [-0.1, -0.05) is 21.6 Å². The van der Waals surface area contributed by atoms with Crippen molar-refractivity contribution in [3.63, 3.8) is 0 Å². The van der Waals surface area contributed by atoms with Crippen LogP contribution in [0.5, 0.6) is 0 Å². The summed E-state index contributed by atoms with van der Waals surface area (Å²) in [4.78, 5) is 11.0. The van der Waals surface area contributed by atoms with Crippen LogP contribution in [0.3, 0.4) is 0 Å². The second kappa shape index (κ2) is 4.13. The minimum Gasteiger partial charge on any atom is -0.465 e. The average molecular weight is 178 g/mol. The first-order valence-corrected chi connectivity index (χ1v) is 5.67. The number of hydrogen-bond donors (Lipinski definition) is 0. The number of esters is 1. The molecule has 1 saturated heterocycles. The van der Waals surface area contributed by atoms with Crippen molar-refractivity contribution in [2.24, 2.45) is 0 Å². The van der Waals surface area contributed by atoms with Crippen LogP contribution < -0.4 is 0 Å². The Bertz CT molecular complexity index is 121. The summed E-state index contributed by atoms with van der Waals surface area (Å²) in [6.45, 7) is 2.34. The molecule has 1 aliphatic heterocycles. The summed E-state index contributed by atoms with van der Waals surface area (Å²) in [5, 5.41) is 0.102. The van der Waals surface area contributed by atoms with Crippen LogP contribution in [-0.4, -0.2) is 23.6 Å². The van der Waals surface area contributed by atoms with E-state index in [1.165, 1.54) is 0 Å². The molecule has 2 nitrogen and oxygen atoms in total. The summed E-state index contributed by atoms with van der Waals surface area (Å²) in [6.07, 6.45) is 0.966. The monoisotopic (exact) mass is 178 g/mol. The van der Waals surface area contributed by atoms with Gasteiger partial charge in [0.15, 0.2) is 0 Å². The lowest BCUT2D eigenvalue weighted by Crippen LogP contribution is -2.17. The molecule has 0 amide bonds. The van der Waals surface area contributed by atoms with Crippen molar-refractivity contribution in [2.75, 3.05) is 12.4 Å². The van der Waals surface area contributed by atoms with Crippen LogP contribution in [0.2, 0.25) is 0 Å². The van der Waals surface area contributed by atoms with Gasteiger partial charge in [0.1, 0.15) is 5.25 Å². The molecule has 1 aliphatic rings. The van der Waals surface area contributed by atoms with Crippen LogP contribution in [0, 0.1) is 0 Å². The molecule has 1 rings (SSSR count). The van der Waals surface area contributed by atoms with Gasteiger partial charge in [0.05, 0.1) is 6.61 Å². The van der Waals surface area contributed by atoms with Gasteiger partial charge in [0, 0.05) is 5.75 Å². The summed E-state index contributed by atoms with van der Waals surface area (Å²) in [6, 6.07) is 0. The predicted molar refractivity (Wildman–Crippen MR) is 45.1 cm³/mol. The molecule has 4 heteroatoms. The van der Waals surface area contributed by atoms with Crippen LogP contribution in [0.15, 0.2) is 0 Å². The largest absolute Gasteiger partial charge is 0.465 e. The van der Waals surface area contributed by atoms with E-state index in [0.717, 1.165) is 12.2 Å². The predicted octanol–water partition coefficient (Wildman–Crippen LogP) is 1.70. The normalized spacial score (nSPS) is 24.7. The maximum absolute atomic E-state index is 11.0. The summed E-state index contributed by atoms with van der Waals surface area (Å²) >= 11 is 0. The lowest BCUT2D eigenvalue weighted by atomic mass is 10.3. The zero-order valence-electron chi connectivity index (χ0n) is 5.83. The third-order valence-electron chi connectivity index (χ3n) is 1.20. The Labute approximate surface area is 68.5 Å².